The molecule has 0 spiro atoms. The van der Waals surface area contributed by atoms with E-state index in [1.807, 2.05) is 36.5 Å². The van der Waals surface area contributed by atoms with Gasteiger partial charge < -0.3 is 14.8 Å². The molecule has 0 radical (unpaired) electrons. The molecule has 0 aliphatic carbocycles. The number of nitrogens with one attached hydrogen (secondary N) is 1. The lowest BCUT2D eigenvalue weighted by Gasteiger charge is -2.06. The molecule has 3 heterocycles. The van der Waals surface area contributed by atoms with Crippen molar-refractivity contribution >= 4 is 11.7 Å². The molecule has 3 aromatic rings. The van der Waals surface area contributed by atoms with Gasteiger partial charge in [0.2, 0.25) is 12.7 Å². The summed E-state index contributed by atoms with van der Waals surface area (Å²) >= 11 is 0. The molecule has 26 heavy (non-hydrogen) atoms. The van der Waals surface area contributed by atoms with Crippen LogP contribution in [0.5, 0.6) is 11.5 Å². The molecular weight excluding hydrogens is 332 g/mol. The van der Waals surface area contributed by atoms with E-state index >= 15 is 0 Å². The minimum atomic E-state index is -0.0873. The van der Waals surface area contributed by atoms with E-state index in [0.717, 1.165) is 22.6 Å². The van der Waals surface area contributed by atoms with Gasteiger partial charge in [0.25, 0.3) is 0 Å². The first-order valence-corrected chi connectivity index (χ1v) is 8.37. The van der Waals surface area contributed by atoms with Crippen LogP contribution in [0.4, 0.5) is 5.82 Å². The minimum Gasteiger partial charge on any atom is -0.454 e. The van der Waals surface area contributed by atoms with Crippen LogP contribution < -0.4 is 14.8 Å². The summed E-state index contributed by atoms with van der Waals surface area (Å²) in [5.74, 6) is 1.93. The maximum absolute atomic E-state index is 12.2. The zero-order valence-corrected chi connectivity index (χ0v) is 14.1. The highest BCUT2D eigenvalue weighted by molar-refractivity contribution is 5.89. The predicted octanol–water partition coefficient (Wildman–Crippen LogP) is 2.63. The number of anilines is 1. The molecule has 1 amide bonds. The smallest absolute Gasteiger partial charge is 0.231 e. The number of para-hydroxylation sites is 1. The number of fused-ring (bicyclic) bond motifs is 1. The van der Waals surface area contributed by atoms with Gasteiger partial charge in [0.1, 0.15) is 0 Å². The summed E-state index contributed by atoms with van der Waals surface area (Å²) in [5.41, 5.74) is 2.07. The van der Waals surface area contributed by atoms with Gasteiger partial charge in [-0.1, -0.05) is 12.1 Å². The largest absolute Gasteiger partial charge is 0.454 e. The Kier molecular flexibility index (Phi) is 4.51. The first-order chi connectivity index (χ1) is 12.8. The summed E-state index contributed by atoms with van der Waals surface area (Å²) < 4.78 is 12.6. The van der Waals surface area contributed by atoms with Crippen LogP contribution in [-0.2, 0) is 17.8 Å². The van der Waals surface area contributed by atoms with Gasteiger partial charge in [-0.15, -0.1) is 0 Å². The maximum Gasteiger partial charge on any atom is 0.231 e. The van der Waals surface area contributed by atoms with Crippen molar-refractivity contribution < 1.29 is 14.3 Å². The number of nitrogens with zero attached hydrogens (tertiary/aromatic N) is 3. The van der Waals surface area contributed by atoms with Crippen molar-refractivity contribution in [1.82, 2.24) is 14.8 Å². The quantitative estimate of drug-likeness (QED) is 0.739. The normalized spacial score (nSPS) is 12.2. The number of carbonyl (C=O) groups is 1. The van der Waals surface area contributed by atoms with Gasteiger partial charge >= 0.3 is 0 Å². The molecule has 1 aliphatic rings. The van der Waals surface area contributed by atoms with Crippen molar-refractivity contribution in [3.05, 3.63) is 66.1 Å². The number of aryl methyl sites for hydroxylation is 1. The second-order valence-corrected chi connectivity index (χ2v) is 5.95. The summed E-state index contributed by atoms with van der Waals surface area (Å²) in [5, 5.41) is 7.21. The molecule has 1 aliphatic heterocycles. The van der Waals surface area contributed by atoms with Gasteiger partial charge in [0.15, 0.2) is 17.3 Å². The molecule has 0 fully saturated rings. The third-order valence-corrected chi connectivity index (χ3v) is 4.10. The minimum absolute atomic E-state index is 0.0873. The van der Waals surface area contributed by atoms with Crippen LogP contribution >= 0.6 is 0 Å². The standard InChI is InChI=1S/C19H18N4O3/c24-18(5-4-15-2-1-3-16-19(15)26-13-25-16)21-17-8-11-23(22-17)12-14-6-9-20-10-7-14/h1-3,6-11H,4-5,12-13H2,(H,21,22,24). The molecule has 0 saturated carbocycles. The number of hydrogen-bond donors (Lipinski definition) is 1. The molecule has 132 valence electrons. The highest BCUT2D eigenvalue weighted by atomic mass is 16.7. The monoisotopic (exact) mass is 350 g/mol. The molecule has 1 N–H and O–H groups in total. The van der Waals surface area contributed by atoms with Gasteiger partial charge in [0, 0.05) is 31.1 Å². The molecule has 0 atom stereocenters. The fraction of sp³-hybridized carbons (Fsp3) is 0.211. The maximum atomic E-state index is 12.2. The molecule has 0 saturated heterocycles. The summed E-state index contributed by atoms with van der Waals surface area (Å²) in [4.78, 5) is 16.2. The lowest BCUT2D eigenvalue weighted by molar-refractivity contribution is -0.116. The number of amides is 1. The molecule has 0 bridgehead atoms. The molecule has 7 heteroatoms. The third-order valence-electron chi connectivity index (χ3n) is 4.10. The van der Waals surface area contributed by atoms with Crippen molar-refractivity contribution in [2.45, 2.75) is 19.4 Å². The van der Waals surface area contributed by atoms with Crippen molar-refractivity contribution in [2.75, 3.05) is 12.1 Å². The zero-order chi connectivity index (χ0) is 17.8. The van der Waals surface area contributed by atoms with Crippen LogP contribution in [0.1, 0.15) is 17.5 Å². The Labute approximate surface area is 150 Å². The predicted molar refractivity (Wildman–Crippen MR) is 95.1 cm³/mol. The van der Waals surface area contributed by atoms with Crippen molar-refractivity contribution in [1.29, 1.82) is 0 Å². The van der Waals surface area contributed by atoms with Gasteiger partial charge in [-0.2, -0.15) is 5.10 Å². The molecular formula is C19H18N4O3. The number of carbonyl (C=O) groups excluding carboxylic acids is 1. The Morgan fingerprint density at radius 1 is 1.15 bits per heavy atom. The Balaban J connectivity index is 1.32. The zero-order valence-electron chi connectivity index (χ0n) is 14.1. The molecule has 0 unspecified atom stereocenters. The van der Waals surface area contributed by atoms with Crippen LogP contribution in [0.25, 0.3) is 0 Å². The first-order valence-electron chi connectivity index (χ1n) is 8.37. The molecule has 1 aromatic carbocycles. The topological polar surface area (TPSA) is 78.3 Å². The van der Waals surface area contributed by atoms with Crippen molar-refractivity contribution in [3.63, 3.8) is 0 Å². The average molecular weight is 350 g/mol. The summed E-state index contributed by atoms with van der Waals surface area (Å²) in [6.45, 7) is 0.860. The fourth-order valence-electron chi connectivity index (χ4n) is 2.83. The van der Waals surface area contributed by atoms with E-state index in [1.54, 1.807) is 23.1 Å². The Bertz CT molecular complexity index is 908. The lowest BCUT2D eigenvalue weighted by atomic mass is 10.1. The highest BCUT2D eigenvalue weighted by Gasteiger charge is 2.17. The van der Waals surface area contributed by atoms with E-state index in [4.69, 9.17) is 9.47 Å². The van der Waals surface area contributed by atoms with Crippen LogP contribution in [0.15, 0.2) is 55.0 Å². The summed E-state index contributed by atoms with van der Waals surface area (Å²) in [6.07, 6.45) is 6.26. The second-order valence-electron chi connectivity index (χ2n) is 5.95. The highest BCUT2D eigenvalue weighted by Crippen LogP contribution is 2.35. The molecule has 7 nitrogen and oxygen atoms in total. The van der Waals surface area contributed by atoms with E-state index in [9.17, 15) is 4.79 Å². The SMILES string of the molecule is O=C(CCc1cccc2c1OCO2)Nc1ccn(Cc2ccncc2)n1. The summed E-state index contributed by atoms with van der Waals surface area (Å²) in [6, 6.07) is 11.4. The van der Waals surface area contributed by atoms with E-state index in [0.29, 0.717) is 25.2 Å². The van der Waals surface area contributed by atoms with Crippen LogP contribution in [0.2, 0.25) is 0 Å². The van der Waals surface area contributed by atoms with E-state index in [1.165, 1.54) is 0 Å². The molecule has 4 rings (SSSR count). The van der Waals surface area contributed by atoms with Crippen LogP contribution in [0.3, 0.4) is 0 Å². The van der Waals surface area contributed by atoms with Crippen molar-refractivity contribution in [2.24, 2.45) is 0 Å². The Morgan fingerprint density at radius 3 is 2.92 bits per heavy atom. The van der Waals surface area contributed by atoms with E-state index in [-0.39, 0.29) is 12.7 Å². The Hall–Kier alpha value is -3.35. The number of rotatable bonds is 6. The van der Waals surface area contributed by atoms with Crippen LogP contribution in [0, 0.1) is 0 Å². The van der Waals surface area contributed by atoms with Gasteiger partial charge in [0.05, 0.1) is 6.54 Å². The third kappa shape index (κ3) is 3.66. The number of ether oxygens (including phenoxy) is 2. The lowest BCUT2D eigenvalue weighted by Crippen LogP contribution is -2.13. The number of aromatic nitrogens is 3. The van der Waals surface area contributed by atoms with Gasteiger partial charge in [-0.25, -0.2) is 0 Å². The van der Waals surface area contributed by atoms with Gasteiger partial charge in [-0.3, -0.25) is 14.5 Å². The Morgan fingerprint density at radius 2 is 2.04 bits per heavy atom. The second kappa shape index (κ2) is 7.26. The number of hydrogen-bond acceptors (Lipinski definition) is 5. The van der Waals surface area contributed by atoms with Crippen molar-refractivity contribution in [3.8, 4) is 11.5 Å². The average Bonchev–Trinajstić information content (AvgIpc) is 3.30. The van der Waals surface area contributed by atoms with Gasteiger partial charge in [-0.05, 0) is 35.7 Å². The number of benzene rings is 1. The summed E-state index contributed by atoms with van der Waals surface area (Å²) in [7, 11) is 0. The number of pyridine rings is 1. The van der Waals surface area contributed by atoms with E-state index < -0.39 is 0 Å². The fourth-order valence-corrected chi connectivity index (χ4v) is 2.83. The first kappa shape index (κ1) is 16.1. The van der Waals surface area contributed by atoms with E-state index in [2.05, 4.69) is 15.4 Å². The molecule has 2 aromatic heterocycles. The van der Waals surface area contributed by atoms with Crippen LogP contribution in [-0.4, -0.2) is 27.5 Å².